The van der Waals surface area contributed by atoms with Crippen molar-refractivity contribution < 1.29 is 13.9 Å². The summed E-state index contributed by atoms with van der Waals surface area (Å²) < 4.78 is 22.5. The van der Waals surface area contributed by atoms with Gasteiger partial charge in [-0.1, -0.05) is 358 Å². The molecule has 3 aliphatic carbocycles. The summed E-state index contributed by atoms with van der Waals surface area (Å²) >= 11 is 3.74. The molecule has 2 aromatic heterocycles. The second-order valence-electron chi connectivity index (χ2n) is 35.3. The molecule has 0 fully saturated rings. The molecule has 0 bridgehead atoms. The number of furan rings is 1. The summed E-state index contributed by atoms with van der Waals surface area (Å²) in [6, 6.07) is 166. The predicted molar refractivity (Wildman–Crippen MR) is 551 cm³/mol. The lowest BCUT2D eigenvalue weighted by atomic mass is 9.66. The van der Waals surface area contributed by atoms with Gasteiger partial charge in [0.1, 0.15) is 28.4 Å². The number of anilines is 6. The van der Waals surface area contributed by atoms with Crippen LogP contribution in [0.4, 0.5) is 34.1 Å². The molecule has 133 heavy (non-hydrogen) atoms. The Hall–Kier alpha value is -16.5. The molecule has 624 valence electrons. The Balaban J connectivity index is 0.000000105. The van der Waals surface area contributed by atoms with Crippen LogP contribution < -0.4 is 25.4 Å². The molecule has 3 aliphatic heterocycles. The van der Waals surface area contributed by atoms with E-state index in [1.807, 2.05) is 41.3 Å². The molecular formula is C125H79N3O3S2. The van der Waals surface area contributed by atoms with Crippen molar-refractivity contribution in [3.8, 4) is 78.6 Å². The third-order valence-electron chi connectivity index (χ3n) is 28.3. The minimum atomic E-state index is -0.514. The molecule has 0 radical (unpaired) electrons. The van der Waals surface area contributed by atoms with Crippen LogP contribution in [0.25, 0.3) is 119 Å². The van der Waals surface area contributed by atoms with E-state index in [0.29, 0.717) is 0 Å². The number of ether oxygens (including phenoxy) is 2. The maximum absolute atomic E-state index is 6.99. The van der Waals surface area contributed by atoms with Gasteiger partial charge < -0.3 is 29.8 Å². The first-order valence-electron chi connectivity index (χ1n) is 45.5. The van der Waals surface area contributed by atoms with E-state index >= 15 is 0 Å². The zero-order valence-electron chi connectivity index (χ0n) is 71.9. The molecule has 0 unspecified atom stereocenters. The molecule has 5 heterocycles. The summed E-state index contributed by atoms with van der Waals surface area (Å²) in [5.74, 6) is 3.56. The van der Waals surface area contributed by atoms with Crippen molar-refractivity contribution in [3.63, 3.8) is 0 Å². The number of benzene rings is 21. The fourth-order valence-electron chi connectivity index (χ4n) is 22.9. The summed E-state index contributed by atoms with van der Waals surface area (Å²) in [6.07, 6.45) is 0. The van der Waals surface area contributed by atoms with Gasteiger partial charge in [0, 0.05) is 97.4 Å². The zero-order valence-corrected chi connectivity index (χ0v) is 73.6. The van der Waals surface area contributed by atoms with Crippen molar-refractivity contribution in [2.24, 2.45) is 0 Å². The molecule has 0 saturated heterocycles. The van der Waals surface area contributed by atoms with Crippen LogP contribution in [0, 0.1) is 0 Å². The number of nitrogens with one attached hydrogen (secondary N) is 3. The second kappa shape index (κ2) is 30.3. The largest absolute Gasteiger partial charge is 0.457 e. The van der Waals surface area contributed by atoms with Crippen LogP contribution in [0.3, 0.4) is 0 Å². The van der Waals surface area contributed by atoms with Crippen molar-refractivity contribution in [2.75, 3.05) is 16.0 Å². The molecule has 3 spiro atoms. The van der Waals surface area contributed by atoms with Gasteiger partial charge in [0.2, 0.25) is 0 Å². The third-order valence-corrected chi connectivity index (χ3v) is 30.7. The average Bonchev–Trinajstić information content (AvgIpc) is 1.55. The topological polar surface area (TPSA) is 67.7 Å². The first kappa shape index (κ1) is 76.5. The standard InChI is InChI=1S/C51H31NOS.C43H27NOS.C31H21NO/c1-2-13-32-26-35(25-24-31(32)12-1)39-29-36(30-41-40-27-33-14-3-4-15-34(33)28-48(40)54-50(39)41)52-46-22-11-21-45-49(46)53-47-23-10-9-20-44(47)51(45)42-18-7-5-16-37(42)38-17-6-8-19-43(38)51;1-2-12-27(13-3-1)29-16-10-22-38-41(29)32-25-24-28(26-39(32)45-38)44-37-21-11-20-36-42(37)46-40-23-9-8-19-35(40)43(36)33-17-6-4-14-30(33)31-15-5-7-18-34(31)43;1-2-10-21(11-3-1)32-22-18-19-30-28(20-22)31(27-16-8-9-17-29(27)33-30)25-14-6-4-12-23(25)24-13-5-7-15-26(24)31/h1-30,52H;1-26,44H;1-20,32H. The van der Waals surface area contributed by atoms with Crippen LogP contribution in [-0.2, 0) is 16.2 Å². The summed E-state index contributed by atoms with van der Waals surface area (Å²) in [5.41, 5.74) is 34.4. The van der Waals surface area contributed by atoms with Gasteiger partial charge in [0.05, 0.1) is 27.6 Å². The van der Waals surface area contributed by atoms with Crippen LogP contribution in [-0.4, -0.2) is 0 Å². The van der Waals surface area contributed by atoms with Crippen molar-refractivity contribution in [3.05, 3.63) is 528 Å². The average molecular weight is 1740 g/mol. The Morgan fingerprint density at radius 1 is 0.226 bits per heavy atom. The van der Waals surface area contributed by atoms with Crippen LogP contribution >= 0.6 is 23.1 Å². The summed E-state index contributed by atoms with van der Waals surface area (Å²) in [5, 5.41) is 21.1. The number of hydrogen-bond acceptors (Lipinski definition) is 8. The first-order chi connectivity index (χ1) is 65.9. The Bertz CT molecular complexity index is 8630. The Kier molecular flexibility index (Phi) is 17.4. The normalized spacial score (nSPS) is 13.7. The number of fused-ring (bicyclic) bond motifs is 35. The zero-order chi connectivity index (χ0) is 87.5. The quantitative estimate of drug-likeness (QED) is 0.140. The molecule has 3 N–H and O–H groups in total. The monoisotopic (exact) mass is 1730 g/mol. The smallest absolute Gasteiger partial charge is 0.155 e. The molecular weight excluding hydrogens is 1660 g/mol. The lowest BCUT2D eigenvalue weighted by Gasteiger charge is -2.40. The summed E-state index contributed by atoms with van der Waals surface area (Å²) in [4.78, 5) is 2.54. The fourth-order valence-corrected chi connectivity index (χ4v) is 25.4. The molecule has 0 amide bonds. The molecule has 6 aliphatic rings. The van der Waals surface area contributed by atoms with E-state index in [1.165, 1.54) is 168 Å². The molecule has 29 rings (SSSR count). The maximum atomic E-state index is 6.99. The third kappa shape index (κ3) is 11.6. The van der Waals surface area contributed by atoms with Gasteiger partial charge in [-0.25, -0.2) is 0 Å². The predicted octanol–water partition coefficient (Wildman–Crippen LogP) is 34.0. The molecule has 21 aromatic carbocycles. The van der Waals surface area contributed by atoms with Gasteiger partial charge in [-0.3, -0.25) is 0 Å². The van der Waals surface area contributed by atoms with E-state index in [0.717, 1.165) is 84.6 Å². The lowest BCUT2D eigenvalue weighted by Crippen LogP contribution is -2.32. The van der Waals surface area contributed by atoms with Gasteiger partial charge in [-0.2, -0.15) is 0 Å². The first-order valence-corrected chi connectivity index (χ1v) is 47.1. The fraction of sp³-hybridized carbons (Fsp3) is 0.0240. The molecule has 6 nitrogen and oxygen atoms in total. The van der Waals surface area contributed by atoms with E-state index in [9.17, 15) is 0 Å². The maximum Gasteiger partial charge on any atom is 0.155 e. The summed E-state index contributed by atoms with van der Waals surface area (Å²) in [7, 11) is 0. The van der Waals surface area contributed by atoms with E-state index in [4.69, 9.17) is 13.9 Å². The van der Waals surface area contributed by atoms with E-state index in [-0.39, 0.29) is 0 Å². The molecule has 23 aromatic rings. The van der Waals surface area contributed by atoms with Crippen LogP contribution in [0.1, 0.15) is 66.8 Å². The van der Waals surface area contributed by atoms with Crippen molar-refractivity contribution in [2.45, 2.75) is 26.0 Å². The number of thiophene rings is 1. The lowest BCUT2D eigenvalue weighted by molar-refractivity contribution is 0.436. The van der Waals surface area contributed by atoms with E-state index in [1.54, 1.807) is 0 Å². The van der Waals surface area contributed by atoms with Crippen molar-refractivity contribution in [1.29, 1.82) is 0 Å². The highest BCUT2D eigenvalue weighted by Crippen LogP contribution is 2.67. The van der Waals surface area contributed by atoms with E-state index in [2.05, 4.69) is 459 Å². The molecule has 0 saturated carbocycles. The van der Waals surface area contributed by atoms with Gasteiger partial charge >= 0.3 is 0 Å². The Morgan fingerprint density at radius 2 is 0.692 bits per heavy atom. The minimum Gasteiger partial charge on any atom is -0.457 e. The molecule has 8 heteroatoms. The summed E-state index contributed by atoms with van der Waals surface area (Å²) in [6.45, 7) is 0. The van der Waals surface area contributed by atoms with Gasteiger partial charge in [0.15, 0.2) is 5.75 Å². The molecule has 0 atom stereocenters. The highest BCUT2D eigenvalue weighted by molar-refractivity contribution is 7.99. The van der Waals surface area contributed by atoms with Gasteiger partial charge in [0.25, 0.3) is 0 Å². The number of hydrogen-bond donors (Lipinski definition) is 3. The van der Waals surface area contributed by atoms with Crippen LogP contribution in [0.5, 0.6) is 23.0 Å². The van der Waals surface area contributed by atoms with E-state index < -0.39 is 16.2 Å². The highest BCUT2D eigenvalue weighted by Gasteiger charge is 2.54. The van der Waals surface area contributed by atoms with Crippen LogP contribution in [0.15, 0.2) is 475 Å². The Labute approximate surface area is 777 Å². The SMILES string of the molecule is c1ccc(-c2cccc3oc4cc(Nc5cccc6c5Sc5ccccc5C65c6ccccc6-c6ccccc65)ccc4c23)cc1.c1ccc(Nc2ccc3c(c2)C2(c4ccccc4O3)c3ccccc3-c3ccccc32)cc1.c1ccc2c(c1)Oc1c(Nc3cc(-c4ccc5ccccc5c4)c4sc5cc6ccccc6cc5c4c3)cccc1C21c2ccccc2-c2ccccc21. The van der Waals surface area contributed by atoms with Crippen molar-refractivity contribution in [1.82, 2.24) is 0 Å². The van der Waals surface area contributed by atoms with Gasteiger partial charge in [-0.15, -0.1) is 11.3 Å². The minimum absolute atomic E-state index is 0.390. The van der Waals surface area contributed by atoms with Crippen LogP contribution in [0.2, 0.25) is 0 Å². The Morgan fingerprint density at radius 3 is 1.33 bits per heavy atom. The van der Waals surface area contributed by atoms with Gasteiger partial charge in [-0.05, 0) is 225 Å². The number of para-hydroxylation sites is 4. The number of rotatable bonds is 8. The second-order valence-corrected chi connectivity index (χ2v) is 37.4. The highest BCUT2D eigenvalue weighted by atomic mass is 32.2. The van der Waals surface area contributed by atoms with Crippen molar-refractivity contribution >= 4 is 121 Å².